The first-order valence-electron chi connectivity index (χ1n) is 18.6. The largest absolute Gasteiger partial charge is 0.506 e. The summed E-state index contributed by atoms with van der Waals surface area (Å²) >= 11 is 0. The molecule has 0 saturated carbocycles. The van der Waals surface area contributed by atoms with Crippen molar-refractivity contribution in [2.45, 2.75) is 50.9 Å². The molecule has 54 heavy (non-hydrogen) atoms. The quantitative estimate of drug-likeness (QED) is 0.109. The Morgan fingerprint density at radius 3 is 2.48 bits per heavy atom. The molecule has 0 unspecified atom stereocenters. The smallest absolute Gasteiger partial charge is 0.411 e. The van der Waals surface area contributed by atoms with Gasteiger partial charge in [-0.2, -0.15) is 0 Å². The van der Waals surface area contributed by atoms with Gasteiger partial charge in [-0.05, 0) is 59.4 Å². The number of phenols is 1. The van der Waals surface area contributed by atoms with Crippen LogP contribution in [0, 0.1) is 0 Å². The summed E-state index contributed by atoms with van der Waals surface area (Å²) in [5.41, 5.74) is 5.73. The number of phenolic OH excluding ortho intramolecular Hbond substituents is 1. The van der Waals surface area contributed by atoms with Gasteiger partial charge >= 0.3 is 6.09 Å². The Morgan fingerprint density at radius 1 is 0.926 bits per heavy atom. The molecular weight excluding hydrogens is 683 g/mol. The average Bonchev–Trinajstić information content (AvgIpc) is 3.17. The van der Waals surface area contributed by atoms with E-state index in [0.717, 1.165) is 54.7 Å². The number of fused-ring (bicyclic) bond motifs is 2. The number of aliphatic hydroxyl groups excluding tert-OH is 1. The van der Waals surface area contributed by atoms with Gasteiger partial charge in [0.25, 0.3) is 5.91 Å². The van der Waals surface area contributed by atoms with Crippen LogP contribution in [0.15, 0.2) is 102 Å². The van der Waals surface area contributed by atoms with E-state index in [1.165, 1.54) is 12.1 Å². The second kappa shape index (κ2) is 15.9. The molecule has 7 rings (SSSR count). The second-order valence-electron chi connectivity index (χ2n) is 14.9. The molecule has 2 aliphatic heterocycles. The number of amides is 2. The highest BCUT2D eigenvalue weighted by molar-refractivity contribution is 5.97. The number of H-pyrrole nitrogens is 1. The number of para-hydroxylation sites is 1. The van der Waals surface area contributed by atoms with E-state index in [-0.39, 0.29) is 35.3 Å². The number of carbonyl (C=O) groups is 2. The van der Waals surface area contributed by atoms with Crippen molar-refractivity contribution in [1.82, 2.24) is 20.1 Å². The lowest BCUT2D eigenvalue weighted by molar-refractivity contribution is 0.0493. The molecular formula is C43H47N5O6. The van der Waals surface area contributed by atoms with E-state index >= 15 is 0 Å². The SMILES string of the molecule is CC1(C)CN(CCN2CCC(OC(=O)Nc3ccccc3-c3ccccc3)CC2)C(=O)c2ccc(CNC[C@H](O)c3ccc(O)c4[nH]c(=O)ccc34)cc21. The Labute approximate surface area is 314 Å². The fourth-order valence-electron chi connectivity index (χ4n) is 7.71. The van der Waals surface area contributed by atoms with E-state index in [4.69, 9.17) is 4.74 Å². The van der Waals surface area contributed by atoms with Crippen LogP contribution < -0.4 is 16.2 Å². The number of nitrogens with one attached hydrogen (secondary N) is 3. The highest BCUT2D eigenvalue weighted by atomic mass is 16.6. The molecule has 11 nitrogen and oxygen atoms in total. The molecule has 2 aliphatic rings. The molecule has 4 aromatic carbocycles. The monoisotopic (exact) mass is 729 g/mol. The number of aromatic hydroxyl groups is 1. The molecule has 1 atom stereocenters. The fourth-order valence-corrected chi connectivity index (χ4v) is 7.71. The van der Waals surface area contributed by atoms with Crippen molar-refractivity contribution in [3.63, 3.8) is 0 Å². The van der Waals surface area contributed by atoms with E-state index < -0.39 is 12.2 Å². The van der Waals surface area contributed by atoms with Crippen LogP contribution in [0.4, 0.5) is 10.5 Å². The normalized spacial score (nSPS) is 16.6. The molecule has 1 saturated heterocycles. The van der Waals surface area contributed by atoms with Crippen molar-refractivity contribution in [1.29, 1.82) is 0 Å². The molecule has 0 radical (unpaired) electrons. The predicted octanol–water partition coefficient (Wildman–Crippen LogP) is 6.17. The zero-order chi connectivity index (χ0) is 37.8. The third-order valence-electron chi connectivity index (χ3n) is 10.6. The number of aromatic nitrogens is 1. The van der Waals surface area contributed by atoms with E-state index in [9.17, 15) is 24.6 Å². The average molecular weight is 730 g/mol. The van der Waals surface area contributed by atoms with E-state index in [1.54, 1.807) is 12.1 Å². The van der Waals surface area contributed by atoms with Crippen LogP contribution in [0.1, 0.15) is 59.8 Å². The van der Waals surface area contributed by atoms with Gasteiger partial charge in [-0.3, -0.25) is 14.9 Å². The van der Waals surface area contributed by atoms with Crippen molar-refractivity contribution in [2.24, 2.45) is 0 Å². The Hall–Kier alpha value is -5.49. The van der Waals surface area contributed by atoms with Gasteiger partial charge < -0.3 is 35.1 Å². The zero-order valence-corrected chi connectivity index (χ0v) is 30.7. The van der Waals surface area contributed by atoms with Gasteiger partial charge in [0.15, 0.2) is 0 Å². The number of anilines is 1. The van der Waals surface area contributed by atoms with Crippen molar-refractivity contribution in [2.75, 3.05) is 44.6 Å². The molecule has 2 amide bonds. The number of carbonyl (C=O) groups excluding carboxylic acids is 2. The maximum Gasteiger partial charge on any atom is 0.411 e. The maximum absolute atomic E-state index is 13.7. The Kier molecular flexibility index (Phi) is 10.8. The zero-order valence-electron chi connectivity index (χ0n) is 30.7. The van der Waals surface area contributed by atoms with Crippen LogP contribution in [0.25, 0.3) is 22.0 Å². The molecule has 3 heterocycles. The summed E-state index contributed by atoms with van der Waals surface area (Å²) in [6.07, 6.45) is -0.0176. The number of ether oxygens (including phenoxy) is 1. The summed E-state index contributed by atoms with van der Waals surface area (Å²) < 4.78 is 5.82. The summed E-state index contributed by atoms with van der Waals surface area (Å²) in [5.74, 6) is -0.0195. The van der Waals surface area contributed by atoms with E-state index in [1.807, 2.05) is 71.6 Å². The minimum absolute atomic E-state index is 0.0298. The Bertz CT molecular complexity index is 2190. The molecule has 0 aliphatic carbocycles. The number of likely N-dealkylation sites (tertiary alicyclic amines) is 1. The number of piperidine rings is 1. The highest BCUT2D eigenvalue weighted by Gasteiger charge is 2.37. The lowest BCUT2D eigenvalue weighted by Crippen LogP contribution is -2.50. The van der Waals surface area contributed by atoms with Crippen molar-refractivity contribution >= 4 is 28.6 Å². The minimum Gasteiger partial charge on any atom is -0.506 e. The van der Waals surface area contributed by atoms with E-state index in [0.29, 0.717) is 47.4 Å². The summed E-state index contributed by atoms with van der Waals surface area (Å²) in [6, 6.07) is 29.7. The number of hydrogen-bond donors (Lipinski definition) is 5. The fraction of sp³-hybridized carbons (Fsp3) is 0.326. The van der Waals surface area contributed by atoms with Crippen LogP contribution >= 0.6 is 0 Å². The summed E-state index contributed by atoms with van der Waals surface area (Å²) in [6.45, 7) is 8.62. The van der Waals surface area contributed by atoms with Gasteiger partial charge in [0, 0.05) is 73.8 Å². The van der Waals surface area contributed by atoms with Gasteiger partial charge in [-0.25, -0.2) is 4.79 Å². The molecule has 0 bridgehead atoms. The van der Waals surface area contributed by atoms with Gasteiger partial charge in [0.2, 0.25) is 5.56 Å². The highest BCUT2D eigenvalue weighted by Crippen LogP contribution is 2.35. The summed E-state index contributed by atoms with van der Waals surface area (Å²) in [7, 11) is 0. The molecule has 280 valence electrons. The maximum atomic E-state index is 13.7. The Morgan fingerprint density at radius 2 is 1.69 bits per heavy atom. The third kappa shape index (κ3) is 8.18. The predicted molar refractivity (Wildman–Crippen MR) is 210 cm³/mol. The first-order valence-corrected chi connectivity index (χ1v) is 18.6. The topological polar surface area (TPSA) is 147 Å². The molecule has 5 N–H and O–H groups in total. The number of nitrogens with zero attached hydrogens (tertiary/aromatic N) is 2. The van der Waals surface area contributed by atoms with Gasteiger partial charge in [-0.15, -0.1) is 0 Å². The van der Waals surface area contributed by atoms with Gasteiger partial charge in [0.1, 0.15) is 11.9 Å². The molecule has 11 heteroatoms. The summed E-state index contributed by atoms with van der Waals surface area (Å²) in [5, 5.41) is 28.0. The van der Waals surface area contributed by atoms with Crippen molar-refractivity contribution < 1.29 is 24.5 Å². The summed E-state index contributed by atoms with van der Waals surface area (Å²) in [4.78, 5) is 45.2. The van der Waals surface area contributed by atoms with Gasteiger partial charge in [0.05, 0.1) is 17.3 Å². The molecule has 0 spiro atoms. The van der Waals surface area contributed by atoms with Crippen molar-refractivity contribution in [3.8, 4) is 16.9 Å². The lowest BCUT2D eigenvalue weighted by Gasteiger charge is -2.41. The second-order valence-corrected chi connectivity index (χ2v) is 14.9. The number of aliphatic hydroxyl groups is 1. The lowest BCUT2D eigenvalue weighted by atomic mass is 9.77. The number of pyridine rings is 1. The van der Waals surface area contributed by atoms with Crippen LogP contribution in [-0.2, 0) is 16.7 Å². The molecule has 1 aromatic heterocycles. The van der Waals surface area contributed by atoms with E-state index in [2.05, 4.69) is 40.4 Å². The van der Waals surface area contributed by atoms with Crippen molar-refractivity contribution in [3.05, 3.63) is 130 Å². The standard InChI is InChI=1S/C43H47N5O6/c1-43(2)27-48(23-22-47-20-18-30(19-21-47)54-42(53)45-36-11-7-6-10-31(36)29-8-4-3-5-9-29)41(52)34-13-12-28(24-35(34)43)25-44-26-38(50)32-14-16-37(49)40-33(32)15-17-39(51)46-40/h3-17,24,30,38,44,49-50H,18-23,25-27H2,1-2H3,(H,45,53)(H,46,51)/t38-/m0/s1. The first-order chi connectivity index (χ1) is 26.1. The Balaban J connectivity index is 0.886. The number of hydrogen-bond acceptors (Lipinski definition) is 8. The first kappa shape index (κ1) is 36.9. The van der Waals surface area contributed by atoms with Crippen LogP contribution in [0.2, 0.25) is 0 Å². The van der Waals surface area contributed by atoms with Crippen LogP contribution in [-0.4, -0.2) is 82.4 Å². The van der Waals surface area contributed by atoms with Crippen LogP contribution in [0.5, 0.6) is 5.75 Å². The molecule has 1 fully saturated rings. The minimum atomic E-state index is -0.866. The number of aromatic amines is 1. The van der Waals surface area contributed by atoms with Gasteiger partial charge in [-0.1, -0.05) is 80.6 Å². The number of rotatable bonds is 11. The molecule has 5 aromatic rings. The number of benzene rings is 4. The third-order valence-corrected chi connectivity index (χ3v) is 10.6. The van der Waals surface area contributed by atoms with Crippen LogP contribution in [0.3, 0.4) is 0 Å².